The number of hydrogen-bond donors (Lipinski definition) is 2. The highest BCUT2D eigenvalue weighted by Crippen LogP contribution is 2.32. The largest absolute Gasteiger partial charge is 0.359 e. The summed E-state index contributed by atoms with van der Waals surface area (Å²) >= 11 is 0. The Morgan fingerprint density at radius 1 is 1.07 bits per heavy atom. The van der Waals surface area contributed by atoms with E-state index in [0.29, 0.717) is 0 Å². The number of amides is 2. The topological polar surface area (TPSA) is 61.4 Å². The Morgan fingerprint density at radius 2 is 1.79 bits per heavy atom. The molecule has 2 aromatic rings. The zero-order valence-corrected chi connectivity index (χ0v) is 16.6. The first-order valence-corrected chi connectivity index (χ1v) is 9.52. The molecule has 0 bridgehead atoms. The smallest absolute Gasteiger partial charge is 0.248 e. The SMILES string of the molecule is CNC(=O)C1CN(C)CC1c1ccc(C=CC(=O)Nc2ccccc2C)cc1. The average Bonchev–Trinajstić information content (AvgIpc) is 3.09. The number of nitrogens with one attached hydrogen (secondary N) is 2. The van der Waals surface area contributed by atoms with E-state index in [9.17, 15) is 9.59 Å². The van der Waals surface area contributed by atoms with Crippen molar-refractivity contribution in [1.29, 1.82) is 0 Å². The molecule has 1 heterocycles. The predicted molar refractivity (Wildman–Crippen MR) is 113 cm³/mol. The highest BCUT2D eigenvalue weighted by atomic mass is 16.2. The lowest BCUT2D eigenvalue weighted by Crippen LogP contribution is -2.31. The molecule has 0 saturated carbocycles. The monoisotopic (exact) mass is 377 g/mol. The molecule has 2 unspecified atom stereocenters. The summed E-state index contributed by atoms with van der Waals surface area (Å²) in [4.78, 5) is 26.5. The highest BCUT2D eigenvalue weighted by molar-refractivity contribution is 6.02. The molecule has 2 amide bonds. The third-order valence-electron chi connectivity index (χ3n) is 5.28. The summed E-state index contributed by atoms with van der Waals surface area (Å²) in [7, 11) is 3.73. The van der Waals surface area contributed by atoms with E-state index in [4.69, 9.17) is 0 Å². The number of benzene rings is 2. The summed E-state index contributed by atoms with van der Waals surface area (Å²) in [6.07, 6.45) is 3.34. The molecule has 1 aliphatic rings. The fourth-order valence-electron chi connectivity index (χ4n) is 3.70. The Kier molecular flexibility index (Phi) is 6.26. The number of likely N-dealkylation sites (tertiary alicyclic amines) is 1. The highest BCUT2D eigenvalue weighted by Gasteiger charge is 2.36. The van der Waals surface area contributed by atoms with Crippen LogP contribution in [0, 0.1) is 12.8 Å². The van der Waals surface area contributed by atoms with Gasteiger partial charge in [0.15, 0.2) is 0 Å². The Bertz CT molecular complexity index is 874. The predicted octanol–water partition coefficient (Wildman–Crippen LogP) is 3.04. The van der Waals surface area contributed by atoms with E-state index in [1.807, 2.05) is 50.4 Å². The molecule has 2 aromatic carbocycles. The first-order chi connectivity index (χ1) is 13.5. The number of nitrogens with zero attached hydrogens (tertiary/aromatic N) is 1. The fourth-order valence-corrected chi connectivity index (χ4v) is 3.70. The lowest BCUT2D eigenvalue weighted by atomic mass is 9.88. The summed E-state index contributed by atoms with van der Waals surface area (Å²) < 4.78 is 0. The molecule has 5 nitrogen and oxygen atoms in total. The van der Waals surface area contributed by atoms with Crippen molar-refractivity contribution in [3.05, 3.63) is 71.3 Å². The second kappa shape index (κ2) is 8.85. The molecule has 28 heavy (non-hydrogen) atoms. The van der Waals surface area contributed by atoms with Crippen LogP contribution in [0.1, 0.15) is 22.6 Å². The zero-order chi connectivity index (χ0) is 20.1. The average molecular weight is 377 g/mol. The van der Waals surface area contributed by atoms with Gasteiger partial charge >= 0.3 is 0 Å². The molecule has 146 valence electrons. The summed E-state index contributed by atoms with van der Waals surface area (Å²) in [5.41, 5.74) is 3.95. The lowest BCUT2D eigenvalue weighted by molar-refractivity contribution is -0.124. The summed E-state index contributed by atoms with van der Waals surface area (Å²) in [5.74, 6) is 0.0882. The molecular weight excluding hydrogens is 350 g/mol. The number of para-hydroxylation sites is 1. The van der Waals surface area contributed by atoms with E-state index in [1.165, 1.54) is 6.08 Å². The van der Waals surface area contributed by atoms with Gasteiger partial charge in [-0.1, -0.05) is 42.5 Å². The van der Waals surface area contributed by atoms with E-state index in [-0.39, 0.29) is 23.7 Å². The maximum absolute atomic E-state index is 12.2. The van der Waals surface area contributed by atoms with Crippen molar-refractivity contribution in [2.24, 2.45) is 5.92 Å². The summed E-state index contributed by atoms with van der Waals surface area (Å²) in [5, 5.41) is 5.66. The van der Waals surface area contributed by atoms with E-state index in [2.05, 4.69) is 27.7 Å². The van der Waals surface area contributed by atoms with Gasteiger partial charge in [0.05, 0.1) is 5.92 Å². The molecular formula is C23H27N3O2. The Balaban J connectivity index is 1.65. The van der Waals surface area contributed by atoms with Gasteiger partial charge in [-0.05, 0) is 42.8 Å². The standard InChI is InChI=1S/C23H27N3O2/c1-16-6-4-5-7-21(16)25-22(27)13-10-17-8-11-18(12-9-17)19-14-26(3)15-20(19)23(28)24-2/h4-13,19-20H,14-15H2,1-3H3,(H,24,28)(H,25,27). The summed E-state index contributed by atoms with van der Waals surface area (Å²) in [6, 6.07) is 15.8. The molecule has 2 atom stereocenters. The van der Waals surface area contributed by atoms with Crippen molar-refractivity contribution in [2.45, 2.75) is 12.8 Å². The number of carbonyl (C=O) groups is 2. The van der Waals surface area contributed by atoms with E-state index in [0.717, 1.165) is 35.5 Å². The first-order valence-electron chi connectivity index (χ1n) is 9.52. The first kappa shape index (κ1) is 19.8. The molecule has 1 saturated heterocycles. The van der Waals surface area contributed by atoms with Crippen molar-refractivity contribution < 1.29 is 9.59 Å². The number of anilines is 1. The van der Waals surface area contributed by atoms with E-state index >= 15 is 0 Å². The second-order valence-electron chi connectivity index (χ2n) is 7.35. The van der Waals surface area contributed by atoms with Gasteiger partial charge in [0.2, 0.25) is 11.8 Å². The van der Waals surface area contributed by atoms with Crippen LogP contribution < -0.4 is 10.6 Å². The minimum atomic E-state index is -0.157. The minimum Gasteiger partial charge on any atom is -0.359 e. The molecule has 5 heteroatoms. The van der Waals surface area contributed by atoms with Crippen LogP contribution in [0.3, 0.4) is 0 Å². The quantitative estimate of drug-likeness (QED) is 0.788. The normalized spacial score (nSPS) is 19.7. The number of likely N-dealkylation sites (N-methyl/N-ethyl adjacent to an activating group) is 1. The number of rotatable bonds is 5. The molecule has 0 aliphatic carbocycles. The Hall–Kier alpha value is -2.92. The van der Waals surface area contributed by atoms with Crippen molar-refractivity contribution in [2.75, 3.05) is 32.5 Å². The Morgan fingerprint density at radius 3 is 2.46 bits per heavy atom. The fraction of sp³-hybridized carbons (Fsp3) is 0.304. The molecule has 3 rings (SSSR count). The molecule has 1 fully saturated rings. The molecule has 2 N–H and O–H groups in total. The second-order valence-corrected chi connectivity index (χ2v) is 7.35. The molecule has 1 aliphatic heterocycles. The van der Waals surface area contributed by atoms with Crippen LogP contribution in [0.4, 0.5) is 5.69 Å². The van der Waals surface area contributed by atoms with E-state index < -0.39 is 0 Å². The van der Waals surface area contributed by atoms with Crippen LogP contribution in [-0.4, -0.2) is 43.9 Å². The van der Waals surface area contributed by atoms with Gasteiger partial charge in [-0.2, -0.15) is 0 Å². The zero-order valence-electron chi connectivity index (χ0n) is 16.6. The van der Waals surface area contributed by atoms with Gasteiger partial charge in [-0.3, -0.25) is 9.59 Å². The third kappa shape index (κ3) is 4.67. The van der Waals surface area contributed by atoms with Crippen molar-refractivity contribution >= 4 is 23.6 Å². The number of aryl methyl sites for hydroxylation is 1. The van der Waals surface area contributed by atoms with Crippen LogP contribution in [0.15, 0.2) is 54.6 Å². The van der Waals surface area contributed by atoms with Crippen LogP contribution in [-0.2, 0) is 9.59 Å². The van der Waals surface area contributed by atoms with Gasteiger partial charge in [-0.15, -0.1) is 0 Å². The van der Waals surface area contributed by atoms with Crippen LogP contribution in [0.2, 0.25) is 0 Å². The third-order valence-corrected chi connectivity index (χ3v) is 5.28. The molecule has 0 spiro atoms. The van der Waals surface area contributed by atoms with Gasteiger partial charge in [0, 0.05) is 37.8 Å². The minimum absolute atomic E-state index is 0.0312. The summed E-state index contributed by atoms with van der Waals surface area (Å²) in [6.45, 7) is 3.60. The van der Waals surface area contributed by atoms with E-state index in [1.54, 1.807) is 13.1 Å². The lowest BCUT2D eigenvalue weighted by Gasteiger charge is -2.17. The Labute approximate surface area is 166 Å². The molecule has 0 radical (unpaired) electrons. The van der Waals surface area contributed by atoms with Gasteiger partial charge in [0.25, 0.3) is 0 Å². The van der Waals surface area contributed by atoms with Gasteiger partial charge in [-0.25, -0.2) is 0 Å². The van der Waals surface area contributed by atoms with Crippen molar-refractivity contribution in [1.82, 2.24) is 10.2 Å². The number of carbonyl (C=O) groups excluding carboxylic acids is 2. The van der Waals surface area contributed by atoms with Gasteiger partial charge in [0.1, 0.15) is 0 Å². The maximum Gasteiger partial charge on any atom is 0.248 e. The van der Waals surface area contributed by atoms with Crippen LogP contribution >= 0.6 is 0 Å². The number of hydrogen-bond acceptors (Lipinski definition) is 3. The van der Waals surface area contributed by atoms with Crippen molar-refractivity contribution in [3.8, 4) is 0 Å². The van der Waals surface area contributed by atoms with Crippen LogP contribution in [0.5, 0.6) is 0 Å². The maximum atomic E-state index is 12.2. The van der Waals surface area contributed by atoms with Crippen molar-refractivity contribution in [3.63, 3.8) is 0 Å². The van der Waals surface area contributed by atoms with Crippen LogP contribution in [0.25, 0.3) is 6.08 Å². The van der Waals surface area contributed by atoms with Gasteiger partial charge < -0.3 is 15.5 Å². The molecule has 0 aromatic heterocycles.